The molecule has 0 spiro atoms. The van der Waals surface area contributed by atoms with Crippen LogP contribution in [-0.2, 0) is 5.41 Å². The van der Waals surface area contributed by atoms with Gasteiger partial charge in [0.1, 0.15) is 24.7 Å². The third-order valence-electron chi connectivity index (χ3n) is 9.50. The van der Waals surface area contributed by atoms with Crippen molar-refractivity contribution in [3.63, 3.8) is 0 Å². The number of benzene rings is 6. The van der Waals surface area contributed by atoms with E-state index in [0.29, 0.717) is 0 Å². The Morgan fingerprint density at radius 3 is 0.958 bits per heavy atom. The lowest BCUT2D eigenvalue weighted by atomic mass is 9.59. The number of hydrogen-bond acceptors (Lipinski definition) is 4. The number of aliphatic hydroxyl groups is 2. The van der Waals surface area contributed by atoms with Gasteiger partial charge in [-0.25, -0.2) is 0 Å². The number of ether oxygens (including phenoxy) is 2. The van der Waals surface area contributed by atoms with Crippen molar-refractivity contribution in [2.45, 2.75) is 24.7 Å². The highest BCUT2D eigenvalue weighted by Crippen LogP contribution is 2.55. The summed E-state index contributed by atoms with van der Waals surface area (Å²) in [6.07, 6.45) is 3.13. The maximum atomic E-state index is 9.80. The molecule has 4 nitrogen and oxygen atoms in total. The van der Waals surface area contributed by atoms with Crippen molar-refractivity contribution in [1.29, 1.82) is 0 Å². The highest BCUT2D eigenvalue weighted by atomic mass is 16.5. The fourth-order valence-electron chi connectivity index (χ4n) is 7.02. The average molecular weight is 633 g/mol. The van der Waals surface area contributed by atoms with E-state index >= 15 is 0 Å². The molecule has 6 aromatic carbocycles. The molecule has 1 aliphatic rings. The second-order valence-corrected chi connectivity index (χ2v) is 12.3. The predicted octanol–water partition coefficient (Wildman–Crippen LogP) is 9.57. The molecule has 0 unspecified atom stereocenters. The van der Waals surface area contributed by atoms with Gasteiger partial charge in [-0.15, -0.1) is 0 Å². The van der Waals surface area contributed by atoms with Crippen molar-refractivity contribution in [2.75, 3.05) is 26.4 Å². The molecular formula is C44H40O4. The summed E-state index contributed by atoms with van der Waals surface area (Å²) in [5, 5.41) is 19.6. The second kappa shape index (κ2) is 14.3. The molecule has 0 bridgehead atoms. The molecule has 1 fully saturated rings. The molecule has 240 valence electrons. The van der Waals surface area contributed by atoms with Crippen LogP contribution < -0.4 is 9.47 Å². The molecule has 1 saturated carbocycles. The number of hydrogen-bond donors (Lipinski definition) is 2. The predicted molar refractivity (Wildman–Crippen MR) is 194 cm³/mol. The maximum Gasteiger partial charge on any atom is 0.135 e. The first kappa shape index (κ1) is 31.4. The monoisotopic (exact) mass is 632 g/mol. The first-order chi connectivity index (χ1) is 23.7. The maximum absolute atomic E-state index is 9.80. The number of rotatable bonds is 12. The molecule has 7 rings (SSSR count). The normalized spacial score (nSPS) is 13.5. The van der Waals surface area contributed by atoms with Crippen molar-refractivity contribution in [2.24, 2.45) is 0 Å². The fraction of sp³-hybridized carbons (Fsp3) is 0.182. The zero-order valence-corrected chi connectivity index (χ0v) is 27.0. The molecule has 6 aromatic rings. The van der Waals surface area contributed by atoms with Gasteiger partial charge in [0.05, 0.1) is 13.2 Å². The molecule has 0 aliphatic heterocycles. The summed E-state index contributed by atoms with van der Waals surface area (Å²) in [6, 6.07) is 50.9. The lowest BCUT2D eigenvalue weighted by Gasteiger charge is -2.44. The first-order valence-corrected chi connectivity index (χ1v) is 16.8. The third kappa shape index (κ3) is 6.13. The van der Waals surface area contributed by atoms with Crippen molar-refractivity contribution in [3.8, 4) is 56.0 Å². The molecule has 0 aromatic heterocycles. The molecule has 0 atom stereocenters. The summed E-state index contributed by atoms with van der Waals surface area (Å²) >= 11 is 0. The topological polar surface area (TPSA) is 58.9 Å². The Morgan fingerprint density at radius 1 is 0.438 bits per heavy atom. The Balaban J connectivity index is 1.50. The van der Waals surface area contributed by atoms with Gasteiger partial charge in [-0.3, -0.25) is 0 Å². The van der Waals surface area contributed by atoms with E-state index in [0.717, 1.165) is 75.3 Å². The van der Waals surface area contributed by atoms with E-state index in [9.17, 15) is 10.2 Å². The molecule has 0 amide bonds. The minimum absolute atomic E-state index is 0.0661. The van der Waals surface area contributed by atoms with E-state index < -0.39 is 0 Å². The van der Waals surface area contributed by atoms with E-state index in [2.05, 4.69) is 121 Å². The summed E-state index contributed by atoms with van der Waals surface area (Å²) in [7, 11) is 0. The Hall–Kier alpha value is -5.16. The van der Waals surface area contributed by atoms with E-state index in [1.165, 1.54) is 11.1 Å². The SMILES string of the molecule is OCCOc1c(-c2ccccc2)cc(C2(c3cc(-c4ccccc4)c(OCCO)c(-c4ccccc4)c3)CCC2)cc1-c1ccccc1. The second-order valence-electron chi connectivity index (χ2n) is 12.3. The quantitative estimate of drug-likeness (QED) is 0.141. The van der Waals surface area contributed by atoms with Gasteiger partial charge in [0, 0.05) is 27.7 Å². The molecule has 0 radical (unpaired) electrons. The number of aliphatic hydroxyl groups excluding tert-OH is 2. The Bertz CT molecular complexity index is 1690. The van der Waals surface area contributed by atoms with E-state index in [1.807, 2.05) is 24.3 Å². The molecular weight excluding hydrogens is 592 g/mol. The van der Waals surface area contributed by atoms with Crippen LogP contribution in [0.1, 0.15) is 30.4 Å². The van der Waals surface area contributed by atoms with Gasteiger partial charge in [-0.1, -0.05) is 128 Å². The van der Waals surface area contributed by atoms with E-state index in [1.54, 1.807) is 0 Å². The lowest BCUT2D eigenvalue weighted by molar-refractivity contribution is 0.202. The van der Waals surface area contributed by atoms with Gasteiger partial charge >= 0.3 is 0 Å². The summed E-state index contributed by atoms with van der Waals surface area (Å²) in [5.41, 5.74) is 10.6. The lowest BCUT2D eigenvalue weighted by Crippen LogP contribution is -2.35. The van der Waals surface area contributed by atoms with E-state index in [-0.39, 0.29) is 31.8 Å². The van der Waals surface area contributed by atoms with Crippen molar-refractivity contribution < 1.29 is 19.7 Å². The van der Waals surface area contributed by atoms with Crippen LogP contribution in [0, 0.1) is 0 Å². The van der Waals surface area contributed by atoms with Crippen LogP contribution in [0.2, 0.25) is 0 Å². The van der Waals surface area contributed by atoms with Crippen LogP contribution in [0.15, 0.2) is 146 Å². The van der Waals surface area contributed by atoms with Gasteiger partial charge in [0.2, 0.25) is 0 Å². The molecule has 2 N–H and O–H groups in total. The van der Waals surface area contributed by atoms with Crippen molar-refractivity contribution >= 4 is 0 Å². The smallest absolute Gasteiger partial charge is 0.135 e. The van der Waals surface area contributed by atoms with Crippen LogP contribution in [0.5, 0.6) is 11.5 Å². The van der Waals surface area contributed by atoms with Crippen molar-refractivity contribution in [1.82, 2.24) is 0 Å². The van der Waals surface area contributed by atoms with Gasteiger partial charge < -0.3 is 19.7 Å². The van der Waals surface area contributed by atoms with Crippen LogP contribution in [0.3, 0.4) is 0 Å². The van der Waals surface area contributed by atoms with Gasteiger partial charge in [-0.05, 0) is 70.5 Å². The third-order valence-corrected chi connectivity index (χ3v) is 9.50. The summed E-state index contributed by atoms with van der Waals surface area (Å²) < 4.78 is 12.7. The van der Waals surface area contributed by atoms with Gasteiger partial charge in [0.15, 0.2) is 0 Å². The largest absolute Gasteiger partial charge is 0.490 e. The fourth-order valence-corrected chi connectivity index (χ4v) is 7.02. The standard InChI is InChI=1S/C44H40O4/c45-24-26-47-42-38(32-14-5-1-6-15-32)28-36(29-39(42)33-16-7-2-8-17-33)44(22-13-23-44)37-30-40(34-18-9-3-10-19-34)43(48-27-25-46)41(31-37)35-20-11-4-12-21-35/h1-12,14-21,28-31,45-46H,13,22-27H2. The molecule has 1 aliphatic carbocycles. The van der Waals surface area contributed by atoms with Crippen LogP contribution >= 0.6 is 0 Å². The highest BCUT2D eigenvalue weighted by Gasteiger charge is 2.42. The zero-order chi connectivity index (χ0) is 32.8. The van der Waals surface area contributed by atoms with E-state index in [4.69, 9.17) is 9.47 Å². The molecule has 48 heavy (non-hydrogen) atoms. The molecule has 4 heteroatoms. The van der Waals surface area contributed by atoms with Crippen molar-refractivity contribution in [3.05, 3.63) is 157 Å². The van der Waals surface area contributed by atoms with Crippen LogP contribution in [0.25, 0.3) is 44.5 Å². The summed E-state index contributed by atoms with van der Waals surface area (Å²) in [4.78, 5) is 0. The average Bonchev–Trinajstić information content (AvgIpc) is 3.14. The zero-order valence-electron chi connectivity index (χ0n) is 27.0. The Morgan fingerprint density at radius 2 is 0.729 bits per heavy atom. The van der Waals surface area contributed by atoms with Gasteiger partial charge in [0.25, 0.3) is 0 Å². The minimum atomic E-state index is -0.245. The summed E-state index contributed by atoms with van der Waals surface area (Å²) in [5.74, 6) is 1.56. The molecule has 0 saturated heterocycles. The Labute approximate surface area is 282 Å². The molecule has 0 heterocycles. The van der Waals surface area contributed by atoms with Gasteiger partial charge in [-0.2, -0.15) is 0 Å². The summed E-state index contributed by atoms with van der Waals surface area (Å²) in [6.45, 7) is 0.285. The minimum Gasteiger partial charge on any atom is -0.490 e. The first-order valence-electron chi connectivity index (χ1n) is 16.8. The highest BCUT2D eigenvalue weighted by molar-refractivity contribution is 5.86. The van der Waals surface area contributed by atoms with Crippen LogP contribution in [-0.4, -0.2) is 36.6 Å². The Kier molecular flexibility index (Phi) is 9.37. The van der Waals surface area contributed by atoms with Crippen LogP contribution in [0.4, 0.5) is 0 Å².